The van der Waals surface area contributed by atoms with Crippen molar-refractivity contribution in [2.75, 3.05) is 13.2 Å². The van der Waals surface area contributed by atoms with E-state index in [1.807, 2.05) is 0 Å². The molecule has 0 spiro atoms. The average molecular weight is 270 g/mol. The Kier molecular flexibility index (Phi) is 15.4. The molecule has 0 aromatic heterocycles. The van der Waals surface area contributed by atoms with Gasteiger partial charge in [-0.3, -0.25) is 0 Å². The summed E-state index contributed by atoms with van der Waals surface area (Å²) in [5.41, 5.74) is 0. The number of unbranched alkanes of at least 4 members (excludes halogenated alkanes) is 6. The molecular weight excluding hydrogens is 236 g/mol. The van der Waals surface area contributed by atoms with Crippen LogP contribution in [0.15, 0.2) is 12.2 Å². The van der Waals surface area contributed by atoms with Crippen molar-refractivity contribution in [1.29, 1.82) is 0 Å². The van der Waals surface area contributed by atoms with Crippen molar-refractivity contribution in [2.24, 2.45) is 0 Å². The molecule has 0 radical (unpaired) electrons. The zero-order valence-corrected chi connectivity index (χ0v) is 13.3. The molecule has 0 bridgehead atoms. The number of hydrogen-bond donors (Lipinski definition) is 0. The van der Waals surface area contributed by atoms with Crippen LogP contribution < -0.4 is 0 Å². The zero-order valence-electron chi connectivity index (χ0n) is 13.3. The Bertz CT molecular complexity index is 190. The Labute approximate surface area is 120 Å². The highest BCUT2D eigenvalue weighted by molar-refractivity contribution is 4.76. The summed E-state index contributed by atoms with van der Waals surface area (Å²) < 4.78 is 11.4. The van der Waals surface area contributed by atoms with Gasteiger partial charge in [-0.1, -0.05) is 51.7 Å². The van der Waals surface area contributed by atoms with E-state index in [1.165, 1.54) is 38.5 Å². The molecule has 0 fully saturated rings. The molecule has 2 heteroatoms. The zero-order chi connectivity index (χ0) is 14.2. The van der Waals surface area contributed by atoms with Crippen LogP contribution in [-0.2, 0) is 9.47 Å². The van der Waals surface area contributed by atoms with Gasteiger partial charge in [0.2, 0.25) is 0 Å². The second kappa shape index (κ2) is 15.7. The highest BCUT2D eigenvalue weighted by atomic mass is 16.7. The maximum Gasteiger partial charge on any atom is 0.157 e. The van der Waals surface area contributed by atoms with Crippen LogP contribution in [0.4, 0.5) is 0 Å². The van der Waals surface area contributed by atoms with Gasteiger partial charge in [0.1, 0.15) is 0 Å². The third kappa shape index (κ3) is 13.9. The van der Waals surface area contributed by atoms with E-state index in [4.69, 9.17) is 9.47 Å². The molecule has 0 saturated carbocycles. The monoisotopic (exact) mass is 270 g/mol. The van der Waals surface area contributed by atoms with Crippen LogP contribution in [0.2, 0.25) is 0 Å². The molecule has 0 aliphatic heterocycles. The maximum atomic E-state index is 5.75. The quantitative estimate of drug-likeness (QED) is 0.237. The molecule has 0 aromatic rings. The summed E-state index contributed by atoms with van der Waals surface area (Å²) in [5, 5.41) is 0. The van der Waals surface area contributed by atoms with Crippen LogP contribution in [0.25, 0.3) is 0 Å². The molecule has 1 atom stereocenters. The Balaban J connectivity index is 3.26. The first kappa shape index (κ1) is 18.7. The van der Waals surface area contributed by atoms with Crippen LogP contribution in [-0.4, -0.2) is 19.5 Å². The van der Waals surface area contributed by atoms with E-state index in [0.717, 1.165) is 32.5 Å². The van der Waals surface area contributed by atoms with Gasteiger partial charge in [-0.05, 0) is 39.0 Å². The second-order valence-corrected chi connectivity index (χ2v) is 5.06. The molecule has 2 nitrogen and oxygen atoms in total. The van der Waals surface area contributed by atoms with Crippen molar-refractivity contribution in [3.63, 3.8) is 0 Å². The highest BCUT2D eigenvalue weighted by Gasteiger charge is 2.05. The van der Waals surface area contributed by atoms with E-state index in [0.29, 0.717) is 0 Å². The van der Waals surface area contributed by atoms with E-state index in [2.05, 4.69) is 32.9 Å². The van der Waals surface area contributed by atoms with Gasteiger partial charge >= 0.3 is 0 Å². The van der Waals surface area contributed by atoms with Crippen molar-refractivity contribution < 1.29 is 9.47 Å². The standard InChI is InChI=1S/C17H34O2/c1-4-7-9-10-11-12-13-14-16-19-17(6-3)18-15-8-5-2/h4,7,17H,5-6,8-16H2,1-3H3/b7-4+. The van der Waals surface area contributed by atoms with Crippen molar-refractivity contribution >= 4 is 0 Å². The fourth-order valence-electron chi connectivity index (χ4n) is 1.92. The number of hydrogen-bond acceptors (Lipinski definition) is 2. The summed E-state index contributed by atoms with van der Waals surface area (Å²) in [6, 6.07) is 0. The van der Waals surface area contributed by atoms with E-state index in [-0.39, 0.29) is 6.29 Å². The Morgan fingerprint density at radius 1 is 0.842 bits per heavy atom. The molecule has 0 aliphatic rings. The summed E-state index contributed by atoms with van der Waals surface area (Å²) in [6.45, 7) is 8.07. The molecule has 0 heterocycles. The van der Waals surface area contributed by atoms with E-state index >= 15 is 0 Å². The summed E-state index contributed by atoms with van der Waals surface area (Å²) in [4.78, 5) is 0. The molecule has 0 aliphatic carbocycles. The summed E-state index contributed by atoms with van der Waals surface area (Å²) in [7, 11) is 0. The first-order chi connectivity index (χ1) is 9.35. The van der Waals surface area contributed by atoms with Crippen LogP contribution in [0.3, 0.4) is 0 Å². The lowest BCUT2D eigenvalue weighted by molar-refractivity contribution is -0.144. The molecular formula is C17H34O2. The fourth-order valence-corrected chi connectivity index (χ4v) is 1.92. The molecule has 0 saturated heterocycles. The molecule has 0 rings (SSSR count). The van der Waals surface area contributed by atoms with Gasteiger partial charge in [0.25, 0.3) is 0 Å². The highest BCUT2D eigenvalue weighted by Crippen LogP contribution is 2.08. The summed E-state index contributed by atoms with van der Waals surface area (Å²) in [5.74, 6) is 0. The predicted octanol–water partition coefficient (Wildman–Crippen LogP) is 5.47. The topological polar surface area (TPSA) is 18.5 Å². The third-order valence-electron chi connectivity index (χ3n) is 3.19. The normalized spacial score (nSPS) is 13.2. The largest absolute Gasteiger partial charge is 0.353 e. The minimum Gasteiger partial charge on any atom is -0.353 e. The van der Waals surface area contributed by atoms with E-state index < -0.39 is 0 Å². The number of ether oxygens (including phenoxy) is 2. The van der Waals surface area contributed by atoms with Gasteiger partial charge in [-0.15, -0.1) is 0 Å². The van der Waals surface area contributed by atoms with Gasteiger partial charge < -0.3 is 9.47 Å². The third-order valence-corrected chi connectivity index (χ3v) is 3.19. The molecule has 114 valence electrons. The molecule has 0 aromatic carbocycles. The maximum absolute atomic E-state index is 5.75. The van der Waals surface area contributed by atoms with Crippen molar-refractivity contribution in [2.45, 2.75) is 84.8 Å². The Morgan fingerprint density at radius 3 is 2.11 bits per heavy atom. The number of allylic oxidation sites excluding steroid dienone is 2. The molecule has 1 unspecified atom stereocenters. The SMILES string of the molecule is C/C=C/CCCCCCCOC(CC)OCCCC. The van der Waals surface area contributed by atoms with Gasteiger partial charge in [0, 0.05) is 13.2 Å². The molecule has 0 N–H and O–H groups in total. The smallest absolute Gasteiger partial charge is 0.157 e. The van der Waals surface area contributed by atoms with Crippen molar-refractivity contribution in [1.82, 2.24) is 0 Å². The van der Waals surface area contributed by atoms with Gasteiger partial charge in [-0.25, -0.2) is 0 Å². The van der Waals surface area contributed by atoms with Crippen LogP contribution in [0.1, 0.15) is 78.6 Å². The summed E-state index contributed by atoms with van der Waals surface area (Å²) in [6.07, 6.45) is 15.3. The van der Waals surface area contributed by atoms with Gasteiger partial charge in [-0.2, -0.15) is 0 Å². The first-order valence-corrected chi connectivity index (χ1v) is 8.19. The van der Waals surface area contributed by atoms with Crippen LogP contribution >= 0.6 is 0 Å². The average Bonchev–Trinajstić information content (AvgIpc) is 2.43. The first-order valence-electron chi connectivity index (χ1n) is 8.19. The fraction of sp³-hybridized carbons (Fsp3) is 0.882. The van der Waals surface area contributed by atoms with Crippen LogP contribution in [0.5, 0.6) is 0 Å². The van der Waals surface area contributed by atoms with Crippen molar-refractivity contribution in [3.05, 3.63) is 12.2 Å². The Hall–Kier alpha value is -0.340. The number of rotatable bonds is 14. The molecule has 19 heavy (non-hydrogen) atoms. The van der Waals surface area contributed by atoms with E-state index in [1.54, 1.807) is 0 Å². The lowest BCUT2D eigenvalue weighted by atomic mass is 10.1. The molecule has 0 amide bonds. The van der Waals surface area contributed by atoms with Crippen LogP contribution in [0, 0.1) is 0 Å². The minimum atomic E-state index is 0.0150. The van der Waals surface area contributed by atoms with Crippen molar-refractivity contribution in [3.8, 4) is 0 Å². The summed E-state index contributed by atoms with van der Waals surface area (Å²) >= 11 is 0. The predicted molar refractivity (Wildman–Crippen MR) is 83.4 cm³/mol. The Morgan fingerprint density at radius 2 is 1.47 bits per heavy atom. The van der Waals surface area contributed by atoms with Gasteiger partial charge in [0.15, 0.2) is 6.29 Å². The van der Waals surface area contributed by atoms with Gasteiger partial charge in [0.05, 0.1) is 0 Å². The second-order valence-electron chi connectivity index (χ2n) is 5.06. The lowest BCUT2D eigenvalue weighted by Crippen LogP contribution is -2.17. The van der Waals surface area contributed by atoms with E-state index in [9.17, 15) is 0 Å². The minimum absolute atomic E-state index is 0.0150. The lowest BCUT2D eigenvalue weighted by Gasteiger charge is -2.16.